The molecule has 1 rings (SSSR count). The predicted molar refractivity (Wildman–Crippen MR) is 47.4 cm³/mol. The lowest BCUT2D eigenvalue weighted by atomic mass is 10.0. The average molecular weight is 186 g/mol. The summed E-state index contributed by atoms with van der Waals surface area (Å²) in [7, 11) is 1.48. The van der Waals surface area contributed by atoms with Crippen molar-refractivity contribution in [3.8, 4) is 5.75 Å². The number of halogens is 2. The first-order valence-corrected chi connectivity index (χ1v) is 4.00. The lowest BCUT2D eigenvalue weighted by Gasteiger charge is -2.12. The first-order valence-electron chi connectivity index (χ1n) is 4.00. The van der Waals surface area contributed by atoms with Crippen molar-refractivity contribution in [3.63, 3.8) is 0 Å². The highest BCUT2D eigenvalue weighted by Crippen LogP contribution is 2.31. The Morgan fingerprint density at radius 3 is 2.31 bits per heavy atom. The second-order valence-corrected chi connectivity index (χ2v) is 2.92. The molecule has 0 radical (unpaired) electrons. The van der Waals surface area contributed by atoms with E-state index in [9.17, 15) is 8.78 Å². The van der Waals surface area contributed by atoms with E-state index in [0.717, 1.165) is 0 Å². The van der Waals surface area contributed by atoms with Crippen LogP contribution in [0.1, 0.15) is 23.1 Å². The molecule has 0 aliphatic carbocycles. The van der Waals surface area contributed by atoms with E-state index in [-0.39, 0.29) is 5.56 Å². The van der Waals surface area contributed by atoms with Gasteiger partial charge in [0.1, 0.15) is 5.75 Å². The van der Waals surface area contributed by atoms with E-state index in [0.29, 0.717) is 16.9 Å². The quantitative estimate of drug-likeness (QED) is 0.688. The maximum absolute atomic E-state index is 12.5. The molecule has 3 heteroatoms. The van der Waals surface area contributed by atoms with Gasteiger partial charge in [0.15, 0.2) is 0 Å². The topological polar surface area (TPSA) is 9.23 Å². The molecule has 1 aromatic rings. The maximum Gasteiger partial charge on any atom is 0.264 e. The fraction of sp³-hybridized carbons (Fsp3) is 0.400. The first-order chi connectivity index (χ1) is 6.07. The third kappa shape index (κ3) is 1.79. The van der Waals surface area contributed by atoms with Crippen molar-refractivity contribution in [3.05, 3.63) is 28.8 Å². The molecule has 1 aromatic carbocycles. The van der Waals surface area contributed by atoms with Gasteiger partial charge in [-0.15, -0.1) is 0 Å². The standard InChI is InChI=1S/C10H12F2O/c1-6-4-5-8(13-3)7(2)9(6)10(11)12/h4-5,10H,1-3H3. The Morgan fingerprint density at radius 2 is 1.85 bits per heavy atom. The minimum absolute atomic E-state index is 0.0827. The van der Waals surface area contributed by atoms with Gasteiger partial charge in [-0.3, -0.25) is 0 Å². The minimum atomic E-state index is -2.44. The molecular weight excluding hydrogens is 174 g/mol. The van der Waals surface area contributed by atoms with Crippen LogP contribution in [-0.2, 0) is 0 Å². The number of hydrogen-bond donors (Lipinski definition) is 0. The van der Waals surface area contributed by atoms with Crippen LogP contribution in [0, 0.1) is 13.8 Å². The van der Waals surface area contributed by atoms with E-state index in [2.05, 4.69) is 0 Å². The van der Waals surface area contributed by atoms with Crippen LogP contribution in [0.3, 0.4) is 0 Å². The molecule has 0 saturated heterocycles. The Balaban J connectivity index is 3.30. The van der Waals surface area contributed by atoms with Gasteiger partial charge in [0.25, 0.3) is 6.43 Å². The second-order valence-electron chi connectivity index (χ2n) is 2.92. The van der Waals surface area contributed by atoms with Gasteiger partial charge in [-0.1, -0.05) is 6.07 Å². The summed E-state index contributed by atoms with van der Waals surface area (Å²) >= 11 is 0. The largest absolute Gasteiger partial charge is 0.496 e. The van der Waals surface area contributed by atoms with E-state index >= 15 is 0 Å². The zero-order chi connectivity index (χ0) is 10.0. The van der Waals surface area contributed by atoms with Crippen molar-refractivity contribution < 1.29 is 13.5 Å². The lowest BCUT2D eigenvalue weighted by molar-refractivity contribution is 0.149. The van der Waals surface area contributed by atoms with Crippen LogP contribution in [0.25, 0.3) is 0 Å². The molecule has 1 nitrogen and oxygen atoms in total. The van der Waals surface area contributed by atoms with Crippen molar-refractivity contribution >= 4 is 0 Å². The summed E-state index contributed by atoms with van der Waals surface area (Å²) in [5, 5.41) is 0. The number of methoxy groups -OCH3 is 1. The van der Waals surface area contributed by atoms with Gasteiger partial charge in [-0.05, 0) is 25.5 Å². The molecular formula is C10H12F2O. The summed E-state index contributed by atoms with van der Waals surface area (Å²) in [6.45, 7) is 3.32. The Kier molecular flexibility index (Phi) is 2.86. The molecule has 0 saturated carbocycles. The zero-order valence-corrected chi connectivity index (χ0v) is 7.90. The maximum atomic E-state index is 12.5. The highest BCUT2D eigenvalue weighted by molar-refractivity contribution is 5.44. The Hall–Kier alpha value is -1.12. The number of aryl methyl sites for hydroxylation is 1. The van der Waals surface area contributed by atoms with Gasteiger partial charge in [-0.2, -0.15) is 0 Å². The van der Waals surface area contributed by atoms with Gasteiger partial charge in [0.2, 0.25) is 0 Å². The molecule has 0 aliphatic heterocycles. The van der Waals surface area contributed by atoms with Crippen molar-refractivity contribution in [1.82, 2.24) is 0 Å². The number of ether oxygens (including phenoxy) is 1. The Morgan fingerprint density at radius 1 is 1.23 bits per heavy atom. The summed E-state index contributed by atoms with van der Waals surface area (Å²) in [5.74, 6) is 0.515. The molecule has 0 unspecified atom stereocenters. The molecule has 0 spiro atoms. The monoisotopic (exact) mass is 186 g/mol. The van der Waals surface area contributed by atoms with Crippen molar-refractivity contribution in [2.24, 2.45) is 0 Å². The molecule has 0 aromatic heterocycles. The van der Waals surface area contributed by atoms with Crippen molar-refractivity contribution in [1.29, 1.82) is 0 Å². The summed E-state index contributed by atoms with van der Waals surface area (Å²) in [5.41, 5.74) is 1.21. The van der Waals surface area contributed by atoms with E-state index < -0.39 is 6.43 Å². The van der Waals surface area contributed by atoms with Gasteiger partial charge >= 0.3 is 0 Å². The number of benzene rings is 1. The second kappa shape index (κ2) is 3.73. The van der Waals surface area contributed by atoms with Crippen LogP contribution in [0.5, 0.6) is 5.75 Å². The Bertz CT molecular complexity index is 308. The van der Waals surface area contributed by atoms with Crippen LogP contribution in [0.15, 0.2) is 12.1 Å². The molecule has 0 aliphatic rings. The molecule has 0 amide bonds. The lowest BCUT2D eigenvalue weighted by Crippen LogP contribution is -1.97. The molecule has 72 valence electrons. The molecule has 0 atom stereocenters. The number of rotatable bonds is 2. The molecule has 13 heavy (non-hydrogen) atoms. The summed E-state index contributed by atoms with van der Waals surface area (Å²) in [6.07, 6.45) is -2.44. The van der Waals surface area contributed by atoms with E-state index in [1.807, 2.05) is 0 Å². The zero-order valence-electron chi connectivity index (χ0n) is 7.90. The van der Waals surface area contributed by atoms with Crippen molar-refractivity contribution in [2.45, 2.75) is 20.3 Å². The van der Waals surface area contributed by atoms with E-state index in [1.165, 1.54) is 7.11 Å². The van der Waals surface area contributed by atoms with Crippen molar-refractivity contribution in [2.75, 3.05) is 7.11 Å². The normalized spacial score (nSPS) is 10.6. The minimum Gasteiger partial charge on any atom is -0.496 e. The highest BCUT2D eigenvalue weighted by atomic mass is 19.3. The number of alkyl halides is 2. The van der Waals surface area contributed by atoms with Crippen LogP contribution in [0.2, 0.25) is 0 Å². The van der Waals surface area contributed by atoms with Crippen LogP contribution >= 0.6 is 0 Å². The van der Waals surface area contributed by atoms with Gasteiger partial charge in [-0.25, -0.2) is 8.78 Å². The summed E-state index contributed by atoms with van der Waals surface area (Å²) in [6, 6.07) is 3.35. The van der Waals surface area contributed by atoms with E-state index in [1.54, 1.807) is 26.0 Å². The fourth-order valence-electron chi connectivity index (χ4n) is 1.40. The molecule has 0 fully saturated rings. The smallest absolute Gasteiger partial charge is 0.264 e. The van der Waals surface area contributed by atoms with Crippen LogP contribution in [-0.4, -0.2) is 7.11 Å². The highest BCUT2D eigenvalue weighted by Gasteiger charge is 2.16. The average Bonchev–Trinajstić information content (AvgIpc) is 2.04. The molecule has 0 N–H and O–H groups in total. The number of hydrogen-bond acceptors (Lipinski definition) is 1. The SMILES string of the molecule is COc1ccc(C)c(C(F)F)c1C. The van der Waals surface area contributed by atoms with Crippen LogP contribution < -0.4 is 4.74 Å². The molecule has 0 bridgehead atoms. The third-order valence-corrected chi connectivity index (χ3v) is 2.12. The van der Waals surface area contributed by atoms with Crippen LogP contribution in [0.4, 0.5) is 8.78 Å². The fourth-order valence-corrected chi connectivity index (χ4v) is 1.40. The molecule has 0 heterocycles. The Labute approximate surface area is 76.3 Å². The third-order valence-electron chi connectivity index (χ3n) is 2.12. The van der Waals surface area contributed by atoms with Gasteiger partial charge < -0.3 is 4.74 Å². The van der Waals surface area contributed by atoms with E-state index in [4.69, 9.17) is 4.74 Å². The summed E-state index contributed by atoms with van der Waals surface area (Å²) < 4.78 is 30.1. The van der Waals surface area contributed by atoms with Gasteiger partial charge in [0.05, 0.1) is 7.11 Å². The summed E-state index contributed by atoms with van der Waals surface area (Å²) in [4.78, 5) is 0. The predicted octanol–water partition coefficient (Wildman–Crippen LogP) is 3.25. The first kappa shape index (κ1) is 9.96. The van der Waals surface area contributed by atoms with Gasteiger partial charge in [0, 0.05) is 11.1 Å².